The van der Waals surface area contributed by atoms with Gasteiger partial charge in [-0.05, 0) is 118 Å². The van der Waals surface area contributed by atoms with Crippen molar-refractivity contribution in [2.24, 2.45) is 17.3 Å². The van der Waals surface area contributed by atoms with Crippen LogP contribution in [0, 0.1) is 48.2 Å². The number of anilines is 2. The van der Waals surface area contributed by atoms with Crippen molar-refractivity contribution in [2.75, 3.05) is 88.4 Å². The number of ether oxygens (including phenoxy) is 1. The number of piperidine rings is 2. The number of phenolic OH excluding ortho intramolecular Hbond substituents is 1. The molecule has 2 atom stereocenters. The van der Waals surface area contributed by atoms with E-state index in [2.05, 4.69) is 37.9 Å². The van der Waals surface area contributed by atoms with Gasteiger partial charge in [-0.15, -0.1) is 6.42 Å². The number of phenols is 1. The van der Waals surface area contributed by atoms with Gasteiger partial charge in [0.1, 0.15) is 28.6 Å². The highest BCUT2D eigenvalue weighted by Crippen LogP contribution is 2.47. The first-order valence-electron chi connectivity index (χ1n) is 25.9. The molecule has 17 heteroatoms. The van der Waals surface area contributed by atoms with Crippen molar-refractivity contribution in [3.05, 3.63) is 77.0 Å². The predicted octanol–water partition coefficient (Wildman–Crippen LogP) is 7.66. The standard InChI is InChI=1S/C56H65F2N9O6/c1-5-41-44(57)10-9-38-27-40(68)29-42(47(38)41)49-48(58)50-43(30-59-49)51(66-19-6-14-55(4,72)34-66)62-53(61-50)73-33-35(2)31-63-23-25-64(26-24-63)32-37-11-15-56(16-12-37)17-21-65(22-18-56)52(70)39-8-7-36(3)45(28-39)67-20-13-46(69)60-54(67)71/h1,7-10,27-30,35,37,68,72H,6,11-26,31-34H2,2-4H3,(H,60,69,71)/t35-,55-/m1/s1. The fourth-order valence-electron chi connectivity index (χ4n) is 12.1. The molecule has 5 aliphatic rings. The van der Waals surface area contributed by atoms with E-state index in [-0.39, 0.29) is 82.2 Å². The molecule has 4 amide bonds. The molecule has 4 aliphatic heterocycles. The quantitative estimate of drug-likeness (QED) is 0.111. The van der Waals surface area contributed by atoms with Crippen LogP contribution in [0.5, 0.6) is 11.8 Å². The number of aliphatic hydroxyl groups is 1. The van der Waals surface area contributed by atoms with E-state index in [0.29, 0.717) is 59.7 Å². The highest BCUT2D eigenvalue weighted by Gasteiger charge is 2.40. The van der Waals surface area contributed by atoms with Gasteiger partial charge in [-0.3, -0.25) is 24.8 Å². The van der Waals surface area contributed by atoms with E-state index in [9.17, 15) is 24.6 Å². The summed E-state index contributed by atoms with van der Waals surface area (Å²) in [5.41, 5.74) is 1.24. The molecule has 0 radical (unpaired) electrons. The fraction of sp³-hybridized carbons (Fsp3) is 0.500. The van der Waals surface area contributed by atoms with Crippen molar-refractivity contribution in [3.63, 3.8) is 0 Å². The summed E-state index contributed by atoms with van der Waals surface area (Å²) >= 11 is 0. The molecule has 73 heavy (non-hydrogen) atoms. The number of carbonyl (C=O) groups is 3. The van der Waals surface area contributed by atoms with Gasteiger partial charge in [-0.25, -0.2) is 13.6 Å². The summed E-state index contributed by atoms with van der Waals surface area (Å²) in [6.07, 6.45) is 15.5. The number of fused-ring (bicyclic) bond motifs is 2. The van der Waals surface area contributed by atoms with Crippen molar-refractivity contribution in [1.82, 2.24) is 35.0 Å². The molecule has 1 spiro atoms. The summed E-state index contributed by atoms with van der Waals surface area (Å²) in [5, 5.41) is 25.1. The average molecular weight is 998 g/mol. The number of piperazine rings is 1. The van der Waals surface area contributed by atoms with Crippen LogP contribution in [0.1, 0.15) is 93.1 Å². The van der Waals surface area contributed by atoms with Gasteiger partial charge in [0.2, 0.25) is 5.91 Å². The van der Waals surface area contributed by atoms with Crippen molar-refractivity contribution in [3.8, 4) is 35.4 Å². The minimum atomic E-state index is -0.988. The topological polar surface area (TPSA) is 168 Å². The number of nitrogens with zero attached hydrogens (tertiary/aromatic N) is 8. The lowest BCUT2D eigenvalue weighted by molar-refractivity contribution is -0.120. The van der Waals surface area contributed by atoms with Gasteiger partial charge < -0.3 is 34.5 Å². The number of hydrogen-bond acceptors (Lipinski definition) is 12. The average Bonchev–Trinajstić information content (AvgIpc) is 3.37. The number of aryl methyl sites for hydroxylation is 1. The Bertz CT molecular complexity index is 2990. The molecule has 0 bridgehead atoms. The van der Waals surface area contributed by atoms with Gasteiger partial charge in [0.25, 0.3) is 5.91 Å². The van der Waals surface area contributed by atoms with Gasteiger partial charge in [-0.2, -0.15) is 9.97 Å². The van der Waals surface area contributed by atoms with E-state index in [1.54, 1.807) is 17.9 Å². The Labute approximate surface area is 424 Å². The molecule has 6 heterocycles. The van der Waals surface area contributed by atoms with E-state index >= 15 is 8.78 Å². The summed E-state index contributed by atoms with van der Waals surface area (Å²) in [5.74, 6) is 1.62. The summed E-state index contributed by atoms with van der Waals surface area (Å²) in [4.78, 5) is 62.4. The Balaban J connectivity index is 0.728. The Morgan fingerprint density at radius 3 is 2.44 bits per heavy atom. The SMILES string of the molecule is C#Cc1c(F)ccc2cc(O)cc(-c3ncc4c(N5CCC[C@@](C)(O)C5)nc(OC[C@H](C)CN5CCN(CC6CCC7(CC6)CCN(C(=O)c6ccc(C)c(N8CCC(=O)NC8=O)c6)CC7)CC5)nc4c3F)c12. The molecule has 15 nitrogen and oxygen atoms in total. The number of pyridine rings is 1. The Hall–Kier alpha value is -6.48. The number of halogens is 2. The molecule has 1 aliphatic carbocycles. The van der Waals surface area contributed by atoms with E-state index < -0.39 is 23.3 Å². The minimum absolute atomic E-state index is 0.00671. The van der Waals surface area contributed by atoms with Crippen molar-refractivity contribution in [1.29, 1.82) is 0 Å². The number of nitrogens with one attached hydrogen (secondary N) is 1. The van der Waals surface area contributed by atoms with E-state index in [0.717, 1.165) is 70.8 Å². The number of likely N-dealkylation sites (tertiary alicyclic amines) is 1. The van der Waals surface area contributed by atoms with E-state index in [1.807, 2.05) is 28.9 Å². The van der Waals surface area contributed by atoms with Crippen LogP contribution >= 0.6 is 0 Å². The number of terminal acetylenes is 1. The highest BCUT2D eigenvalue weighted by molar-refractivity contribution is 6.07. The molecule has 3 N–H and O–H groups in total. The van der Waals surface area contributed by atoms with Crippen molar-refractivity contribution in [2.45, 2.75) is 84.2 Å². The lowest BCUT2D eigenvalue weighted by Crippen LogP contribution is -2.50. The second-order valence-electron chi connectivity index (χ2n) is 21.7. The second kappa shape index (κ2) is 20.4. The summed E-state index contributed by atoms with van der Waals surface area (Å²) in [6, 6.07) is 10.5. The van der Waals surface area contributed by atoms with Crippen LogP contribution < -0.4 is 19.9 Å². The van der Waals surface area contributed by atoms with Crippen LogP contribution in [0.25, 0.3) is 32.9 Å². The van der Waals surface area contributed by atoms with Crippen LogP contribution in [0.15, 0.2) is 48.7 Å². The molecular formula is C56H65F2N9O6. The molecule has 1 saturated carbocycles. The maximum atomic E-state index is 17.0. The van der Waals surface area contributed by atoms with E-state index in [1.165, 1.54) is 56.1 Å². The number of imide groups is 1. The summed E-state index contributed by atoms with van der Waals surface area (Å²) in [7, 11) is 0. The maximum absolute atomic E-state index is 17.0. The third-order valence-corrected chi connectivity index (χ3v) is 16.2. The molecular weight excluding hydrogens is 933 g/mol. The van der Waals surface area contributed by atoms with Crippen LogP contribution in [0.3, 0.4) is 0 Å². The number of benzene rings is 3. The third kappa shape index (κ3) is 10.5. The second-order valence-corrected chi connectivity index (χ2v) is 21.7. The molecule has 3 aromatic carbocycles. The first kappa shape index (κ1) is 50.1. The summed E-state index contributed by atoms with van der Waals surface area (Å²) in [6.45, 7) is 14.4. The molecule has 5 fully saturated rings. The number of aromatic hydroxyl groups is 1. The lowest BCUT2D eigenvalue weighted by Gasteiger charge is -2.47. The van der Waals surface area contributed by atoms with Gasteiger partial charge in [0.15, 0.2) is 5.82 Å². The smallest absolute Gasteiger partial charge is 0.328 e. The van der Waals surface area contributed by atoms with Crippen LogP contribution in [-0.4, -0.2) is 142 Å². The molecule has 0 unspecified atom stereocenters. The zero-order chi connectivity index (χ0) is 51.2. The van der Waals surface area contributed by atoms with Crippen molar-refractivity contribution < 1.29 is 38.1 Å². The molecule has 2 aromatic heterocycles. The monoisotopic (exact) mass is 998 g/mol. The maximum Gasteiger partial charge on any atom is 0.328 e. The normalized spacial score (nSPS) is 21.7. The van der Waals surface area contributed by atoms with Gasteiger partial charge in [0, 0.05) is 113 Å². The number of carbonyl (C=O) groups excluding carboxylic acids is 3. The number of amides is 4. The number of hydrogen-bond donors (Lipinski definition) is 3. The predicted molar refractivity (Wildman–Crippen MR) is 276 cm³/mol. The molecule has 10 rings (SSSR count). The zero-order valence-corrected chi connectivity index (χ0v) is 42.1. The van der Waals surface area contributed by atoms with Crippen LogP contribution in [-0.2, 0) is 4.79 Å². The van der Waals surface area contributed by atoms with Gasteiger partial charge in [0.05, 0.1) is 23.2 Å². The Kier molecular flexibility index (Phi) is 14.0. The first-order chi connectivity index (χ1) is 35.1. The highest BCUT2D eigenvalue weighted by atomic mass is 19.1. The minimum Gasteiger partial charge on any atom is -0.508 e. The Morgan fingerprint density at radius 1 is 0.959 bits per heavy atom. The third-order valence-electron chi connectivity index (χ3n) is 16.2. The number of rotatable bonds is 11. The van der Waals surface area contributed by atoms with Crippen LogP contribution in [0.4, 0.5) is 25.1 Å². The number of urea groups is 1. The number of β-amino-alcohol motifs (C(OH)–C–C–N with tert-alkyl or cyclic N) is 1. The lowest BCUT2D eigenvalue weighted by atomic mass is 9.65. The summed E-state index contributed by atoms with van der Waals surface area (Å²) < 4.78 is 38.3. The molecule has 384 valence electrons. The van der Waals surface area contributed by atoms with E-state index in [4.69, 9.17) is 16.1 Å². The fourth-order valence-corrected chi connectivity index (χ4v) is 12.1. The zero-order valence-electron chi connectivity index (χ0n) is 42.1. The largest absolute Gasteiger partial charge is 0.508 e. The molecule has 5 aromatic rings. The van der Waals surface area contributed by atoms with Crippen molar-refractivity contribution >= 4 is 51.0 Å². The van der Waals surface area contributed by atoms with Gasteiger partial charge >= 0.3 is 12.0 Å². The van der Waals surface area contributed by atoms with Gasteiger partial charge in [-0.1, -0.05) is 25.0 Å². The number of aromatic nitrogens is 3. The Morgan fingerprint density at radius 2 is 1.71 bits per heavy atom. The first-order valence-corrected chi connectivity index (χ1v) is 25.9. The van der Waals surface area contributed by atoms with Crippen LogP contribution in [0.2, 0.25) is 0 Å². The molecule has 4 saturated heterocycles.